The van der Waals surface area contributed by atoms with Gasteiger partial charge in [0.2, 0.25) is 0 Å². The Morgan fingerprint density at radius 2 is 1.88 bits per heavy atom. The molecular formula is C15H23NO. The molecular weight excluding hydrogens is 210 g/mol. The second kappa shape index (κ2) is 5.19. The number of hydrogen-bond acceptors (Lipinski definition) is 2. The molecule has 3 N–H and O–H groups in total. The molecule has 1 fully saturated rings. The fraction of sp³-hybridized carbons (Fsp3) is 0.600. The summed E-state index contributed by atoms with van der Waals surface area (Å²) in [5.74, 6) is 0. The zero-order valence-corrected chi connectivity index (χ0v) is 10.7. The van der Waals surface area contributed by atoms with Gasteiger partial charge in [-0.05, 0) is 37.3 Å². The van der Waals surface area contributed by atoms with Crippen LogP contribution in [-0.4, -0.2) is 11.2 Å². The first-order chi connectivity index (χ1) is 8.12. The third kappa shape index (κ3) is 2.88. The third-order valence-corrected chi connectivity index (χ3v) is 3.81. The molecule has 0 heterocycles. The van der Waals surface area contributed by atoms with Crippen LogP contribution in [0.3, 0.4) is 0 Å². The first-order valence-corrected chi connectivity index (χ1v) is 6.67. The average molecular weight is 233 g/mol. The Labute approximate surface area is 104 Å². The van der Waals surface area contributed by atoms with E-state index in [1.807, 2.05) is 13.0 Å². The molecule has 1 aliphatic rings. The van der Waals surface area contributed by atoms with E-state index in [1.165, 1.54) is 30.4 Å². The monoisotopic (exact) mass is 233 g/mol. The second-order valence-electron chi connectivity index (χ2n) is 5.43. The van der Waals surface area contributed by atoms with Gasteiger partial charge in [-0.1, -0.05) is 43.5 Å². The Balaban J connectivity index is 2.29. The van der Waals surface area contributed by atoms with E-state index in [9.17, 15) is 5.11 Å². The Morgan fingerprint density at radius 3 is 2.53 bits per heavy atom. The van der Waals surface area contributed by atoms with E-state index in [0.717, 1.165) is 12.8 Å². The van der Waals surface area contributed by atoms with Crippen LogP contribution in [0.2, 0.25) is 0 Å². The van der Waals surface area contributed by atoms with E-state index in [2.05, 4.69) is 18.2 Å². The van der Waals surface area contributed by atoms with E-state index in [1.54, 1.807) is 0 Å². The fourth-order valence-electron chi connectivity index (χ4n) is 2.95. The number of rotatable bonds is 3. The predicted molar refractivity (Wildman–Crippen MR) is 70.8 cm³/mol. The van der Waals surface area contributed by atoms with Crippen molar-refractivity contribution in [1.29, 1.82) is 0 Å². The topological polar surface area (TPSA) is 46.2 Å². The Hall–Kier alpha value is -0.860. The fourth-order valence-corrected chi connectivity index (χ4v) is 2.95. The van der Waals surface area contributed by atoms with Crippen molar-refractivity contribution in [3.63, 3.8) is 0 Å². The summed E-state index contributed by atoms with van der Waals surface area (Å²) in [7, 11) is 0. The highest BCUT2D eigenvalue weighted by Gasteiger charge is 2.31. The highest BCUT2D eigenvalue weighted by atomic mass is 16.3. The van der Waals surface area contributed by atoms with E-state index < -0.39 is 0 Å². The van der Waals surface area contributed by atoms with Gasteiger partial charge in [-0.3, -0.25) is 0 Å². The SMILES string of the molecule is CC(O)Cc1ccccc1C1(N)CCCCC1. The molecule has 2 heteroatoms. The Bertz CT molecular complexity index is 367. The standard InChI is InChI=1S/C15H23NO/c1-12(17)11-13-7-3-4-8-14(13)15(16)9-5-2-6-10-15/h3-4,7-8,12,17H,2,5-6,9-11,16H2,1H3. The van der Waals surface area contributed by atoms with Crippen molar-refractivity contribution in [2.24, 2.45) is 5.73 Å². The normalized spacial score (nSPS) is 21.1. The Kier molecular flexibility index (Phi) is 3.85. The van der Waals surface area contributed by atoms with Crippen LogP contribution in [-0.2, 0) is 12.0 Å². The van der Waals surface area contributed by atoms with Gasteiger partial charge in [0.1, 0.15) is 0 Å². The quantitative estimate of drug-likeness (QED) is 0.843. The highest BCUT2D eigenvalue weighted by molar-refractivity contribution is 5.34. The summed E-state index contributed by atoms with van der Waals surface area (Å²) in [4.78, 5) is 0. The van der Waals surface area contributed by atoms with Gasteiger partial charge in [-0.25, -0.2) is 0 Å². The van der Waals surface area contributed by atoms with Gasteiger partial charge in [-0.2, -0.15) is 0 Å². The summed E-state index contributed by atoms with van der Waals surface area (Å²) < 4.78 is 0. The first kappa shape index (κ1) is 12.6. The minimum atomic E-state index is -0.302. The molecule has 1 aromatic rings. The van der Waals surface area contributed by atoms with Crippen molar-refractivity contribution in [3.8, 4) is 0 Å². The number of hydrogen-bond donors (Lipinski definition) is 2. The van der Waals surface area contributed by atoms with Gasteiger partial charge in [-0.15, -0.1) is 0 Å². The molecule has 0 saturated heterocycles. The van der Waals surface area contributed by atoms with Gasteiger partial charge in [0.15, 0.2) is 0 Å². The minimum Gasteiger partial charge on any atom is -0.393 e. The molecule has 1 atom stereocenters. The summed E-state index contributed by atoms with van der Waals surface area (Å²) in [6.07, 6.45) is 6.29. The molecule has 2 nitrogen and oxygen atoms in total. The van der Waals surface area contributed by atoms with Gasteiger partial charge in [0.05, 0.1) is 6.10 Å². The second-order valence-corrected chi connectivity index (χ2v) is 5.43. The number of aliphatic hydroxyl groups excluding tert-OH is 1. The third-order valence-electron chi connectivity index (χ3n) is 3.81. The van der Waals surface area contributed by atoms with Crippen LogP contribution in [0.4, 0.5) is 0 Å². The maximum Gasteiger partial charge on any atom is 0.0552 e. The lowest BCUT2D eigenvalue weighted by atomic mass is 9.75. The van der Waals surface area contributed by atoms with E-state index in [4.69, 9.17) is 5.73 Å². The molecule has 1 aliphatic carbocycles. The van der Waals surface area contributed by atoms with Gasteiger partial charge < -0.3 is 10.8 Å². The molecule has 0 amide bonds. The summed E-state index contributed by atoms with van der Waals surface area (Å²) in [6.45, 7) is 1.83. The molecule has 1 unspecified atom stereocenters. The van der Waals surface area contributed by atoms with Crippen LogP contribution in [0.5, 0.6) is 0 Å². The van der Waals surface area contributed by atoms with E-state index >= 15 is 0 Å². The lowest BCUT2D eigenvalue weighted by Gasteiger charge is -2.35. The van der Waals surface area contributed by atoms with Crippen molar-refractivity contribution in [2.75, 3.05) is 0 Å². The van der Waals surface area contributed by atoms with Crippen molar-refractivity contribution < 1.29 is 5.11 Å². The van der Waals surface area contributed by atoms with Crippen LogP contribution < -0.4 is 5.73 Å². The maximum absolute atomic E-state index is 9.57. The number of nitrogens with two attached hydrogens (primary N) is 1. The van der Waals surface area contributed by atoms with Crippen molar-refractivity contribution in [3.05, 3.63) is 35.4 Å². The van der Waals surface area contributed by atoms with Crippen LogP contribution in [0, 0.1) is 0 Å². The first-order valence-electron chi connectivity index (χ1n) is 6.67. The molecule has 1 aromatic carbocycles. The lowest BCUT2D eigenvalue weighted by Crippen LogP contribution is -2.39. The molecule has 0 aromatic heterocycles. The molecule has 0 spiro atoms. The number of aliphatic hydroxyl groups is 1. The summed E-state index contributed by atoms with van der Waals surface area (Å²) in [6, 6.07) is 8.34. The summed E-state index contributed by atoms with van der Waals surface area (Å²) >= 11 is 0. The van der Waals surface area contributed by atoms with E-state index in [-0.39, 0.29) is 11.6 Å². The lowest BCUT2D eigenvalue weighted by molar-refractivity contribution is 0.194. The van der Waals surface area contributed by atoms with Gasteiger partial charge >= 0.3 is 0 Å². The zero-order chi connectivity index (χ0) is 12.3. The van der Waals surface area contributed by atoms with Crippen LogP contribution in [0.25, 0.3) is 0 Å². The Morgan fingerprint density at radius 1 is 1.24 bits per heavy atom. The molecule has 1 saturated carbocycles. The van der Waals surface area contributed by atoms with Gasteiger partial charge in [0, 0.05) is 5.54 Å². The highest BCUT2D eigenvalue weighted by Crippen LogP contribution is 2.36. The summed E-state index contributed by atoms with van der Waals surface area (Å²) in [5.41, 5.74) is 8.88. The molecule has 94 valence electrons. The maximum atomic E-state index is 9.57. The smallest absolute Gasteiger partial charge is 0.0552 e. The molecule has 2 rings (SSSR count). The minimum absolute atomic E-state index is 0.163. The average Bonchev–Trinajstić information content (AvgIpc) is 2.30. The molecule has 17 heavy (non-hydrogen) atoms. The van der Waals surface area contributed by atoms with Crippen molar-refractivity contribution in [1.82, 2.24) is 0 Å². The zero-order valence-electron chi connectivity index (χ0n) is 10.7. The predicted octanol–water partition coefficient (Wildman–Crippen LogP) is 2.73. The van der Waals surface area contributed by atoms with Gasteiger partial charge in [0.25, 0.3) is 0 Å². The van der Waals surface area contributed by atoms with Crippen LogP contribution in [0.15, 0.2) is 24.3 Å². The largest absolute Gasteiger partial charge is 0.393 e. The van der Waals surface area contributed by atoms with Crippen molar-refractivity contribution in [2.45, 2.75) is 57.1 Å². The number of benzene rings is 1. The molecule has 0 radical (unpaired) electrons. The summed E-state index contributed by atoms with van der Waals surface area (Å²) in [5, 5.41) is 9.57. The molecule has 0 bridgehead atoms. The molecule has 0 aliphatic heterocycles. The van der Waals surface area contributed by atoms with Crippen molar-refractivity contribution >= 4 is 0 Å². The van der Waals surface area contributed by atoms with Crippen LogP contribution in [0.1, 0.15) is 50.2 Å². The van der Waals surface area contributed by atoms with E-state index in [0.29, 0.717) is 6.42 Å². The van der Waals surface area contributed by atoms with Crippen LogP contribution >= 0.6 is 0 Å².